The molecule has 2 heteroatoms. The minimum Gasteiger partial charge on any atom is -0.462 e. The van der Waals surface area contributed by atoms with Gasteiger partial charge in [0, 0.05) is 0 Å². The van der Waals surface area contributed by atoms with Crippen molar-refractivity contribution in [3.8, 4) is 0 Å². The van der Waals surface area contributed by atoms with Crippen LogP contribution in [0.25, 0.3) is 0 Å². The largest absolute Gasteiger partial charge is 0.462 e. The fraction of sp³-hybridized carbons (Fsp3) is 0.864. The predicted octanol–water partition coefficient (Wildman–Crippen LogP) is 6.44. The summed E-state index contributed by atoms with van der Waals surface area (Å²) in [7, 11) is 0. The van der Waals surface area contributed by atoms with Crippen LogP contribution in [0.15, 0.2) is 12.2 Å². The van der Waals surface area contributed by atoms with Crippen LogP contribution in [0.5, 0.6) is 0 Å². The molecule has 0 heterocycles. The zero-order valence-electron chi connectivity index (χ0n) is 16.0. The summed E-state index contributed by atoms with van der Waals surface area (Å²) in [5, 5.41) is 0. The van der Waals surface area contributed by atoms with E-state index in [9.17, 15) is 4.79 Å². The normalized spacial score (nSPS) is 31.2. The van der Waals surface area contributed by atoms with Gasteiger partial charge in [-0.25, -0.2) is 0 Å². The quantitative estimate of drug-likeness (QED) is 0.377. The number of rotatable bonds is 8. The molecule has 0 N–H and O–H groups in total. The van der Waals surface area contributed by atoms with Gasteiger partial charge in [0.05, 0.1) is 5.92 Å². The van der Waals surface area contributed by atoms with Gasteiger partial charge in [0.1, 0.15) is 6.10 Å². The molecule has 0 aromatic carbocycles. The van der Waals surface area contributed by atoms with Crippen molar-refractivity contribution in [2.24, 2.45) is 17.8 Å². The molecule has 0 bridgehead atoms. The van der Waals surface area contributed by atoms with Crippen LogP contribution in [0.2, 0.25) is 0 Å². The van der Waals surface area contributed by atoms with Gasteiger partial charge in [-0.3, -0.25) is 4.79 Å². The molecule has 0 aliphatic heterocycles. The number of carbonyl (C=O) groups is 1. The molecule has 0 unspecified atom stereocenters. The smallest absolute Gasteiger partial charge is 0.309 e. The number of allylic oxidation sites excluding steroid dienone is 2. The number of ether oxygens (including phenoxy) is 1. The van der Waals surface area contributed by atoms with E-state index in [-0.39, 0.29) is 18.0 Å². The lowest BCUT2D eigenvalue weighted by atomic mass is 9.80. The highest BCUT2D eigenvalue weighted by Gasteiger charge is 2.30. The minimum absolute atomic E-state index is 0.105. The molecule has 2 aliphatic carbocycles. The Morgan fingerprint density at radius 3 is 2.29 bits per heavy atom. The minimum atomic E-state index is 0.105. The molecule has 2 rings (SSSR count). The average molecular weight is 335 g/mol. The molecule has 0 saturated heterocycles. The highest BCUT2D eigenvalue weighted by atomic mass is 16.5. The summed E-state index contributed by atoms with van der Waals surface area (Å²) >= 11 is 0. The van der Waals surface area contributed by atoms with Gasteiger partial charge in [0.15, 0.2) is 0 Å². The Hall–Kier alpha value is -0.790. The topological polar surface area (TPSA) is 26.3 Å². The Morgan fingerprint density at radius 1 is 0.958 bits per heavy atom. The van der Waals surface area contributed by atoms with Crippen LogP contribution in [0.3, 0.4) is 0 Å². The van der Waals surface area contributed by atoms with E-state index >= 15 is 0 Å². The van der Waals surface area contributed by atoms with Crippen LogP contribution in [-0.2, 0) is 9.53 Å². The first-order valence-corrected chi connectivity index (χ1v) is 10.6. The summed E-state index contributed by atoms with van der Waals surface area (Å²) in [6.07, 6.45) is 20.4. The van der Waals surface area contributed by atoms with Crippen LogP contribution in [-0.4, -0.2) is 12.1 Å². The van der Waals surface area contributed by atoms with E-state index in [0.29, 0.717) is 5.92 Å². The van der Waals surface area contributed by atoms with Gasteiger partial charge in [-0.05, 0) is 69.6 Å². The second-order valence-corrected chi connectivity index (χ2v) is 8.05. The molecule has 0 aromatic rings. The summed E-state index contributed by atoms with van der Waals surface area (Å²) in [5.41, 5.74) is 0. The van der Waals surface area contributed by atoms with E-state index in [1.54, 1.807) is 0 Å². The maximum absolute atomic E-state index is 12.4. The number of unbranched alkanes of at least 4 members (excludes halogenated alkanes) is 2. The van der Waals surface area contributed by atoms with E-state index < -0.39 is 0 Å². The van der Waals surface area contributed by atoms with Crippen molar-refractivity contribution in [3.05, 3.63) is 12.2 Å². The summed E-state index contributed by atoms with van der Waals surface area (Å²) in [4.78, 5) is 12.4. The molecule has 0 aromatic heterocycles. The summed E-state index contributed by atoms with van der Waals surface area (Å²) in [6, 6.07) is 0. The Bertz CT molecular complexity index is 371. The average Bonchev–Trinajstić information content (AvgIpc) is 2.62. The van der Waals surface area contributed by atoms with Gasteiger partial charge in [-0.1, -0.05) is 51.7 Å². The molecule has 0 atom stereocenters. The standard InChI is InChI=1S/C22H38O2/c1-3-5-7-9-19-12-16-21(17-13-19)24-22(23)20-14-10-18(11-15-20)8-6-4-2/h7,9,18-21H,3-6,8,10-17H2,1-2H3/b9-7+/t18-,19-,20-,21-. The number of hydrogen-bond acceptors (Lipinski definition) is 2. The van der Waals surface area contributed by atoms with Gasteiger partial charge >= 0.3 is 5.97 Å². The third-order valence-corrected chi connectivity index (χ3v) is 6.01. The van der Waals surface area contributed by atoms with Gasteiger partial charge in [-0.2, -0.15) is 0 Å². The number of hydrogen-bond donors (Lipinski definition) is 0. The van der Waals surface area contributed by atoms with Crippen LogP contribution in [0, 0.1) is 17.8 Å². The van der Waals surface area contributed by atoms with Crippen molar-refractivity contribution in [2.45, 2.75) is 103 Å². The Balaban J connectivity index is 1.63. The van der Waals surface area contributed by atoms with E-state index in [1.165, 1.54) is 57.8 Å². The van der Waals surface area contributed by atoms with Crippen LogP contribution in [0.4, 0.5) is 0 Å². The van der Waals surface area contributed by atoms with E-state index in [4.69, 9.17) is 4.74 Å². The molecular formula is C22H38O2. The van der Waals surface area contributed by atoms with E-state index in [1.807, 2.05) is 0 Å². The van der Waals surface area contributed by atoms with Crippen molar-refractivity contribution in [1.82, 2.24) is 0 Å². The third-order valence-electron chi connectivity index (χ3n) is 6.01. The first-order chi connectivity index (χ1) is 11.7. The van der Waals surface area contributed by atoms with E-state index in [2.05, 4.69) is 26.0 Å². The first kappa shape index (κ1) is 19.5. The molecule has 2 fully saturated rings. The number of carbonyl (C=O) groups excluding carboxylic acids is 1. The summed E-state index contributed by atoms with van der Waals surface area (Å²) in [6.45, 7) is 4.48. The molecule has 0 amide bonds. The Labute approximate surface area is 149 Å². The fourth-order valence-corrected chi connectivity index (χ4v) is 4.29. The molecule has 0 radical (unpaired) electrons. The predicted molar refractivity (Wildman–Crippen MR) is 101 cm³/mol. The molecule has 2 nitrogen and oxygen atoms in total. The molecule has 2 aliphatic rings. The Kier molecular flexibility index (Phi) is 8.91. The highest BCUT2D eigenvalue weighted by molar-refractivity contribution is 5.72. The highest BCUT2D eigenvalue weighted by Crippen LogP contribution is 2.34. The fourth-order valence-electron chi connectivity index (χ4n) is 4.29. The first-order valence-electron chi connectivity index (χ1n) is 10.6. The lowest BCUT2D eigenvalue weighted by Crippen LogP contribution is -2.29. The molecule has 24 heavy (non-hydrogen) atoms. The second kappa shape index (κ2) is 10.9. The summed E-state index contributed by atoms with van der Waals surface area (Å²) in [5.74, 6) is 1.86. The van der Waals surface area contributed by atoms with Crippen molar-refractivity contribution >= 4 is 5.97 Å². The lowest BCUT2D eigenvalue weighted by Gasteiger charge is -2.31. The van der Waals surface area contributed by atoms with Crippen LogP contribution < -0.4 is 0 Å². The maximum atomic E-state index is 12.4. The van der Waals surface area contributed by atoms with Gasteiger partial charge in [0.25, 0.3) is 0 Å². The second-order valence-electron chi connectivity index (χ2n) is 8.05. The maximum Gasteiger partial charge on any atom is 0.309 e. The van der Waals surface area contributed by atoms with E-state index in [0.717, 1.165) is 31.6 Å². The van der Waals surface area contributed by atoms with Crippen molar-refractivity contribution in [1.29, 1.82) is 0 Å². The zero-order valence-corrected chi connectivity index (χ0v) is 16.0. The van der Waals surface area contributed by atoms with Gasteiger partial charge in [-0.15, -0.1) is 0 Å². The van der Waals surface area contributed by atoms with Crippen molar-refractivity contribution in [2.75, 3.05) is 0 Å². The van der Waals surface area contributed by atoms with Gasteiger partial charge < -0.3 is 4.74 Å². The lowest BCUT2D eigenvalue weighted by molar-refractivity contribution is -0.157. The van der Waals surface area contributed by atoms with Crippen LogP contribution >= 0.6 is 0 Å². The SMILES string of the molecule is CCC/C=C/[C@H]1CC[C@H](OC(=O)[C@H]2CC[C@H](CCCC)CC2)CC1. The van der Waals surface area contributed by atoms with Gasteiger partial charge in [0.2, 0.25) is 0 Å². The zero-order chi connectivity index (χ0) is 17.2. The monoisotopic (exact) mass is 334 g/mol. The molecule has 138 valence electrons. The summed E-state index contributed by atoms with van der Waals surface area (Å²) < 4.78 is 5.86. The van der Waals surface area contributed by atoms with Crippen molar-refractivity contribution < 1.29 is 9.53 Å². The molecular weight excluding hydrogens is 296 g/mol. The molecule has 0 spiro atoms. The molecule has 2 saturated carbocycles. The third kappa shape index (κ3) is 6.61. The van der Waals surface area contributed by atoms with Crippen molar-refractivity contribution in [3.63, 3.8) is 0 Å². The number of esters is 1. The van der Waals surface area contributed by atoms with Crippen LogP contribution in [0.1, 0.15) is 97.3 Å². The Morgan fingerprint density at radius 2 is 1.67 bits per heavy atom.